The number of hydrogen-bond donors (Lipinski definition) is 1. The van der Waals surface area contributed by atoms with Gasteiger partial charge in [0.15, 0.2) is 0 Å². The largest absolute Gasteiger partial charge is 0.463 e. The summed E-state index contributed by atoms with van der Waals surface area (Å²) in [6.07, 6.45) is 3.67. The molecule has 1 aliphatic rings. The van der Waals surface area contributed by atoms with Gasteiger partial charge in [0, 0.05) is 19.5 Å². The molecule has 9 heteroatoms. The molecule has 0 atom stereocenters. The van der Waals surface area contributed by atoms with Gasteiger partial charge in [0.1, 0.15) is 5.76 Å². The molecule has 0 radical (unpaired) electrons. The predicted molar refractivity (Wildman–Crippen MR) is 98.8 cm³/mol. The fourth-order valence-corrected chi connectivity index (χ4v) is 4.02. The first-order valence-electron chi connectivity index (χ1n) is 8.58. The van der Waals surface area contributed by atoms with Crippen LogP contribution in [-0.2, 0) is 26.0 Å². The number of amides is 1. The molecule has 0 unspecified atom stereocenters. The number of carbonyl (C=O) groups excluding carboxylic acids is 1. The topological polar surface area (TPSA) is 101 Å². The van der Waals surface area contributed by atoms with Gasteiger partial charge in [-0.05, 0) is 36.2 Å². The minimum absolute atomic E-state index is 0.233. The molecule has 27 heavy (non-hydrogen) atoms. The van der Waals surface area contributed by atoms with Crippen LogP contribution in [0.15, 0.2) is 57.1 Å². The van der Waals surface area contributed by atoms with E-state index in [-0.39, 0.29) is 17.2 Å². The van der Waals surface area contributed by atoms with E-state index in [0.717, 1.165) is 5.56 Å². The van der Waals surface area contributed by atoms with Gasteiger partial charge in [0.25, 0.3) is 0 Å². The third kappa shape index (κ3) is 5.25. The summed E-state index contributed by atoms with van der Waals surface area (Å²) in [5.41, 5.74) is 3.30. The van der Waals surface area contributed by atoms with Gasteiger partial charge < -0.3 is 9.15 Å². The molecule has 0 saturated carbocycles. The third-order valence-electron chi connectivity index (χ3n) is 4.10. The Morgan fingerprint density at radius 2 is 1.93 bits per heavy atom. The summed E-state index contributed by atoms with van der Waals surface area (Å²) < 4.78 is 36.8. The average molecular weight is 391 g/mol. The van der Waals surface area contributed by atoms with Gasteiger partial charge in [-0.15, -0.1) is 0 Å². The summed E-state index contributed by atoms with van der Waals surface area (Å²) in [5, 5.41) is 3.81. The SMILES string of the molecule is O=C(CCc1ccc(S(=O)(=O)N2CCOCC2)cc1)NN=Cc1ccco1. The summed E-state index contributed by atoms with van der Waals surface area (Å²) in [6.45, 7) is 1.55. The zero-order chi connectivity index (χ0) is 19.1. The molecule has 144 valence electrons. The highest BCUT2D eigenvalue weighted by Crippen LogP contribution is 2.18. The second-order valence-corrected chi connectivity index (χ2v) is 7.91. The van der Waals surface area contributed by atoms with E-state index in [4.69, 9.17) is 9.15 Å². The highest BCUT2D eigenvalue weighted by Gasteiger charge is 2.26. The van der Waals surface area contributed by atoms with Gasteiger partial charge >= 0.3 is 0 Å². The van der Waals surface area contributed by atoms with Crippen LogP contribution in [0.1, 0.15) is 17.7 Å². The van der Waals surface area contributed by atoms with E-state index in [2.05, 4.69) is 10.5 Å². The van der Waals surface area contributed by atoms with Crippen LogP contribution in [0.3, 0.4) is 0 Å². The van der Waals surface area contributed by atoms with Crippen LogP contribution in [0.25, 0.3) is 0 Å². The van der Waals surface area contributed by atoms with Crippen LogP contribution in [0.2, 0.25) is 0 Å². The van der Waals surface area contributed by atoms with Crippen molar-refractivity contribution < 1.29 is 22.4 Å². The van der Waals surface area contributed by atoms with Crippen LogP contribution in [0, 0.1) is 0 Å². The van der Waals surface area contributed by atoms with Crippen molar-refractivity contribution in [3.8, 4) is 0 Å². The van der Waals surface area contributed by atoms with Crippen molar-refractivity contribution in [2.75, 3.05) is 26.3 Å². The first-order valence-corrected chi connectivity index (χ1v) is 10.0. The second kappa shape index (κ2) is 8.94. The molecule has 3 rings (SSSR count). The molecular formula is C18H21N3O5S. The molecule has 0 bridgehead atoms. The maximum atomic E-state index is 12.6. The van der Waals surface area contributed by atoms with Crippen molar-refractivity contribution in [2.45, 2.75) is 17.7 Å². The van der Waals surface area contributed by atoms with Crippen molar-refractivity contribution in [2.24, 2.45) is 5.10 Å². The minimum atomic E-state index is -3.50. The van der Waals surface area contributed by atoms with Gasteiger partial charge in [-0.1, -0.05) is 12.1 Å². The highest BCUT2D eigenvalue weighted by molar-refractivity contribution is 7.89. The number of morpholine rings is 1. The number of nitrogens with one attached hydrogen (secondary N) is 1. The number of hydrazone groups is 1. The van der Waals surface area contributed by atoms with Gasteiger partial charge in [-0.2, -0.15) is 9.41 Å². The van der Waals surface area contributed by atoms with Gasteiger partial charge in [0.05, 0.1) is 30.6 Å². The molecule has 1 aromatic carbocycles. The number of furan rings is 1. The Balaban J connectivity index is 1.50. The monoisotopic (exact) mass is 391 g/mol. The molecule has 1 saturated heterocycles. The average Bonchev–Trinajstić information content (AvgIpc) is 3.21. The quantitative estimate of drug-likeness (QED) is 0.568. The Hall–Kier alpha value is -2.49. The number of nitrogens with zero attached hydrogens (tertiary/aromatic N) is 2. The Morgan fingerprint density at radius 3 is 2.59 bits per heavy atom. The minimum Gasteiger partial charge on any atom is -0.463 e. The number of ether oxygens (including phenoxy) is 1. The summed E-state index contributed by atoms with van der Waals surface area (Å²) in [5.74, 6) is 0.315. The van der Waals surface area contributed by atoms with E-state index in [0.29, 0.717) is 38.5 Å². The van der Waals surface area contributed by atoms with E-state index in [9.17, 15) is 13.2 Å². The van der Waals surface area contributed by atoms with Gasteiger partial charge in [-0.3, -0.25) is 4.79 Å². The predicted octanol–water partition coefficient (Wildman–Crippen LogP) is 1.38. The molecule has 2 aromatic rings. The molecule has 1 amide bonds. The van der Waals surface area contributed by atoms with Crippen molar-refractivity contribution >= 4 is 22.1 Å². The molecule has 1 aliphatic heterocycles. The Labute approximate surface area is 157 Å². The van der Waals surface area contributed by atoms with Crippen LogP contribution in [-0.4, -0.2) is 51.1 Å². The summed E-state index contributed by atoms with van der Waals surface area (Å²) in [6, 6.07) is 10.1. The number of hydrogen-bond acceptors (Lipinski definition) is 6. The van der Waals surface area contributed by atoms with Crippen molar-refractivity contribution in [3.63, 3.8) is 0 Å². The lowest BCUT2D eigenvalue weighted by atomic mass is 10.1. The van der Waals surface area contributed by atoms with E-state index in [1.54, 1.807) is 36.4 Å². The molecule has 0 aliphatic carbocycles. The summed E-state index contributed by atoms with van der Waals surface area (Å²) in [4.78, 5) is 12.1. The molecule has 1 fully saturated rings. The molecule has 1 N–H and O–H groups in total. The fourth-order valence-electron chi connectivity index (χ4n) is 2.61. The van der Waals surface area contributed by atoms with Crippen LogP contribution in [0.4, 0.5) is 0 Å². The zero-order valence-corrected chi connectivity index (χ0v) is 15.5. The summed E-state index contributed by atoms with van der Waals surface area (Å²) in [7, 11) is -3.50. The maximum absolute atomic E-state index is 12.6. The van der Waals surface area contributed by atoms with E-state index in [1.807, 2.05) is 0 Å². The molecule has 1 aromatic heterocycles. The number of carbonyl (C=O) groups is 1. The lowest BCUT2D eigenvalue weighted by Crippen LogP contribution is -2.40. The van der Waals surface area contributed by atoms with Crippen LogP contribution < -0.4 is 5.43 Å². The lowest BCUT2D eigenvalue weighted by Gasteiger charge is -2.26. The lowest BCUT2D eigenvalue weighted by molar-refractivity contribution is -0.121. The van der Waals surface area contributed by atoms with Crippen molar-refractivity contribution in [3.05, 3.63) is 54.0 Å². The number of rotatable bonds is 7. The number of aryl methyl sites for hydroxylation is 1. The first-order chi connectivity index (χ1) is 13.1. The molecular weight excluding hydrogens is 370 g/mol. The third-order valence-corrected chi connectivity index (χ3v) is 6.01. The normalized spacial score (nSPS) is 15.9. The summed E-state index contributed by atoms with van der Waals surface area (Å²) >= 11 is 0. The van der Waals surface area contributed by atoms with Crippen LogP contribution in [0.5, 0.6) is 0 Å². The van der Waals surface area contributed by atoms with Gasteiger partial charge in [0.2, 0.25) is 15.9 Å². The Bertz CT molecular complexity index is 870. The number of sulfonamides is 1. The highest BCUT2D eigenvalue weighted by atomic mass is 32.2. The standard InChI is InChI=1S/C18H21N3O5S/c22-18(20-19-14-16-2-1-11-26-16)8-5-15-3-6-17(7-4-15)27(23,24)21-9-12-25-13-10-21/h1-4,6-7,11,14H,5,8-10,12-13H2,(H,20,22). The second-order valence-electron chi connectivity index (χ2n) is 5.97. The number of benzene rings is 1. The fraction of sp³-hybridized carbons (Fsp3) is 0.333. The first kappa shape index (κ1) is 19.3. The van der Waals surface area contributed by atoms with Crippen molar-refractivity contribution in [1.82, 2.24) is 9.73 Å². The molecule has 2 heterocycles. The Morgan fingerprint density at radius 1 is 1.19 bits per heavy atom. The maximum Gasteiger partial charge on any atom is 0.243 e. The van der Waals surface area contributed by atoms with Gasteiger partial charge in [-0.25, -0.2) is 13.8 Å². The van der Waals surface area contributed by atoms with E-state index in [1.165, 1.54) is 16.8 Å². The van der Waals surface area contributed by atoms with E-state index < -0.39 is 10.0 Å². The molecule has 0 spiro atoms. The zero-order valence-electron chi connectivity index (χ0n) is 14.7. The van der Waals surface area contributed by atoms with E-state index >= 15 is 0 Å². The molecule has 8 nitrogen and oxygen atoms in total. The smallest absolute Gasteiger partial charge is 0.243 e. The van der Waals surface area contributed by atoms with Crippen molar-refractivity contribution in [1.29, 1.82) is 0 Å². The Kier molecular flexibility index (Phi) is 6.38. The van der Waals surface area contributed by atoms with Crippen LogP contribution >= 0.6 is 0 Å².